The van der Waals surface area contributed by atoms with Gasteiger partial charge in [-0.05, 0) is 108 Å². The Morgan fingerprint density at radius 2 is 1.25 bits per heavy atom. The molecule has 11 rings (SSSR count). The molecule has 3 heterocycles. The van der Waals surface area contributed by atoms with E-state index in [1.807, 2.05) is 36.7 Å². The maximum atomic E-state index is 7.07. The monoisotopic (exact) mass is 1080 g/mol. The van der Waals surface area contributed by atoms with E-state index in [1.54, 1.807) is 0 Å². The summed E-state index contributed by atoms with van der Waals surface area (Å²) in [6, 6.07) is 58.4. The van der Waals surface area contributed by atoms with Crippen LogP contribution >= 0.6 is 0 Å². The minimum Gasteiger partial charge on any atom is -0.501 e. The van der Waals surface area contributed by atoms with Crippen LogP contribution in [0.4, 0.5) is 0 Å². The molecule has 0 saturated heterocycles. The number of benzene rings is 8. The van der Waals surface area contributed by atoms with Gasteiger partial charge in [-0.1, -0.05) is 159 Å². The van der Waals surface area contributed by atoms with E-state index in [1.165, 1.54) is 55.0 Å². The Balaban J connectivity index is 0.000000296. The number of para-hydroxylation sites is 2. The standard InChI is InChI=1S/C49H43N2O.C14H15N2.Ir/c1-29(2)37-26-34(31-15-9-8-10-16-31)27-38(30(3)4)46(37)51-43-20-14-13-19-42(43)50-48(51)36-23-24-41(49(5,6)7)45-40-25-33-22-21-32-17-11-12-18-35(32)39(33)28-44(40)52-47(36)45;1-14(2,3)12-9-15-13(16-10-12)11-7-5-4-6-8-11;/h8-22,24-30H,1-7H3;4-7,9-10H,1-3H3;/q2*-1;. The number of nitrogens with zero attached hydrogens (tertiary/aromatic N) is 4. The summed E-state index contributed by atoms with van der Waals surface area (Å²) in [4.78, 5) is 14.2. The largest absolute Gasteiger partial charge is 0.501 e. The third-order valence-electron chi connectivity index (χ3n) is 13.2. The van der Waals surface area contributed by atoms with Crippen molar-refractivity contribution in [2.45, 2.75) is 91.9 Å². The van der Waals surface area contributed by atoms with Gasteiger partial charge < -0.3 is 8.98 Å². The number of furan rings is 1. The zero-order chi connectivity index (χ0) is 47.5. The number of aromatic nitrogens is 4. The first-order valence-corrected chi connectivity index (χ1v) is 23.9. The molecule has 0 N–H and O–H groups in total. The van der Waals surface area contributed by atoms with Crippen LogP contribution in [-0.2, 0) is 30.9 Å². The molecule has 11 aromatic rings. The molecule has 0 bridgehead atoms. The Morgan fingerprint density at radius 1 is 0.594 bits per heavy atom. The molecule has 5 nitrogen and oxygen atoms in total. The van der Waals surface area contributed by atoms with Crippen molar-refractivity contribution >= 4 is 54.5 Å². The first kappa shape index (κ1) is 47.3. The van der Waals surface area contributed by atoms with Crippen LogP contribution < -0.4 is 0 Å². The van der Waals surface area contributed by atoms with E-state index in [2.05, 4.69) is 217 Å². The molecule has 0 fully saturated rings. The molecule has 8 aromatic carbocycles. The molecule has 6 heteroatoms. The molecule has 0 unspecified atom stereocenters. The van der Waals surface area contributed by atoms with Crippen LogP contribution in [-0.4, -0.2) is 19.5 Å². The Hall–Kier alpha value is -6.72. The maximum Gasteiger partial charge on any atom is 0.121 e. The van der Waals surface area contributed by atoms with Crippen LogP contribution in [0, 0.1) is 12.1 Å². The summed E-state index contributed by atoms with van der Waals surface area (Å²) in [6.07, 6.45) is 3.78. The molecule has 0 aliphatic carbocycles. The van der Waals surface area contributed by atoms with Crippen LogP contribution in [0.25, 0.3) is 94.1 Å². The van der Waals surface area contributed by atoms with Crippen molar-refractivity contribution in [2.24, 2.45) is 0 Å². The molecule has 3 aromatic heterocycles. The third-order valence-corrected chi connectivity index (χ3v) is 13.2. The van der Waals surface area contributed by atoms with Gasteiger partial charge in [-0.3, -0.25) is 15.0 Å². The molecule has 0 spiro atoms. The van der Waals surface area contributed by atoms with Crippen LogP contribution in [0.5, 0.6) is 0 Å². The molecule has 69 heavy (non-hydrogen) atoms. The Bertz CT molecular complexity index is 3600. The van der Waals surface area contributed by atoms with Gasteiger partial charge in [-0.2, -0.15) is 0 Å². The van der Waals surface area contributed by atoms with Gasteiger partial charge in [0.25, 0.3) is 0 Å². The van der Waals surface area contributed by atoms with E-state index in [-0.39, 0.29) is 42.8 Å². The molecule has 0 aliphatic heterocycles. The fraction of sp³-hybridized carbons (Fsp3) is 0.222. The Morgan fingerprint density at radius 3 is 1.91 bits per heavy atom. The fourth-order valence-electron chi connectivity index (χ4n) is 9.50. The number of hydrogen-bond acceptors (Lipinski definition) is 4. The number of fused-ring (bicyclic) bond motifs is 7. The molecule has 0 amide bonds. The first-order chi connectivity index (χ1) is 32.7. The smallest absolute Gasteiger partial charge is 0.121 e. The SMILES string of the molecule is CC(C)(C)c1cnc(-c2[c-]cccc2)nc1.CC(C)c1cc(-c2ccccc2)cc(C(C)C)c1-n1c(-c2[c-]cc(C(C)(C)C)c3c2oc2cc4c(ccc5ccccc54)cc23)nc2ccccc21.[Ir]. The van der Waals surface area contributed by atoms with Gasteiger partial charge in [0.15, 0.2) is 0 Å². The van der Waals surface area contributed by atoms with Crippen molar-refractivity contribution in [3.8, 4) is 39.6 Å². The summed E-state index contributed by atoms with van der Waals surface area (Å²) < 4.78 is 9.46. The summed E-state index contributed by atoms with van der Waals surface area (Å²) >= 11 is 0. The van der Waals surface area contributed by atoms with E-state index < -0.39 is 0 Å². The quantitative estimate of drug-likeness (QED) is 0.123. The summed E-state index contributed by atoms with van der Waals surface area (Å²) in [5.41, 5.74) is 14.1. The van der Waals surface area contributed by atoms with Gasteiger partial charge in [0.1, 0.15) is 5.58 Å². The minimum absolute atomic E-state index is 0. The summed E-state index contributed by atoms with van der Waals surface area (Å²) in [7, 11) is 0. The maximum absolute atomic E-state index is 7.07. The zero-order valence-electron chi connectivity index (χ0n) is 41.2. The van der Waals surface area contributed by atoms with Crippen LogP contribution in [0.2, 0.25) is 0 Å². The van der Waals surface area contributed by atoms with Gasteiger partial charge in [-0.15, -0.1) is 53.6 Å². The molecular formula is C63H58IrN4O-2. The van der Waals surface area contributed by atoms with E-state index in [0.717, 1.165) is 61.3 Å². The van der Waals surface area contributed by atoms with Gasteiger partial charge in [0.05, 0.1) is 28.3 Å². The van der Waals surface area contributed by atoms with Crippen LogP contribution in [0.1, 0.15) is 103 Å². The second-order valence-electron chi connectivity index (χ2n) is 20.7. The second-order valence-corrected chi connectivity index (χ2v) is 20.7. The Labute approximate surface area is 420 Å². The van der Waals surface area contributed by atoms with Gasteiger partial charge in [0.2, 0.25) is 0 Å². The fourth-order valence-corrected chi connectivity index (χ4v) is 9.50. The molecule has 0 atom stereocenters. The second kappa shape index (κ2) is 18.6. The minimum atomic E-state index is -0.133. The summed E-state index contributed by atoms with van der Waals surface area (Å²) in [5, 5.41) is 7.12. The van der Waals surface area contributed by atoms with Crippen molar-refractivity contribution < 1.29 is 24.5 Å². The van der Waals surface area contributed by atoms with Gasteiger partial charge in [0, 0.05) is 43.6 Å². The normalized spacial score (nSPS) is 12.1. The van der Waals surface area contributed by atoms with E-state index in [0.29, 0.717) is 0 Å². The van der Waals surface area contributed by atoms with Crippen molar-refractivity contribution in [1.82, 2.24) is 19.5 Å². The van der Waals surface area contributed by atoms with Crippen molar-refractivity contribution in [1.29, 1.82) is 0 Å². The van der Waals surface area contributed by atoms with E-state index in [9.17, 15) is 0 Å². The van der Waals surface area contributed by atoms with E-state index >= 15 is 0 Å². The van der Waals surface area contributed by atoms with Crippen molar-refractivity contribution in [3.63, 3.8) is 0 Å². The zero-order valence-corrected chi connectivity index (χ0v) is 43.6. The van der Waals surface area contributed by atoms with Crippen molar-refractivity contribution in [3.05, 3.63) is 192 Å². The summed E-state index contributed by atoms with van der Waals surface area (Å²) in [5.74, 6) is 2.11. The number of imidazole rings is 1. The Kier molecular flexibility index (Phi) is 12.8. The predicted molar refractivity (Wildman–Crippen MR) is 285 cm³/mol. The van der Waals surface area contributed by atoms with Crippen LogP contribution in [0.15, 0.2) is 162 Å². The predicted octanol–water partition coefficient (Wildman–Crippen LogP) is 17.1. The topological polar surface area (TPSA) is 56.7 Å². The molecule has 347 valence electrons. The molecule has 0 saturated carbocycles. The average Bonchev–Trinajstić information content (AvgIpc) is 3.91. The van der Waals surface area contributed by atoms with Gasteiger partial charge in [-0.25, -0.2) is 0 Å². The van der Waals surface area contributed by atoms with Gasteiger partial charge >= 0.3 is 0 Å². The van der Waals surface area contributed by atoms with E-state index in [4.69, 9.17) is 9.40 Å². The third kappa shape index (κ3) is 8.93. The number of rotatable bonds is 6. The average molecular weight is 1080 g/mol. The first-order valence-electron chi connectivity index (χ1n) is 23.9. The number of hydrogen-bond donors (Lipinski definition) is 0. The van der Waals surface area contributed by atoms with Crippen molar-refractivity contribution in [2.75, 3.05) is 0 Å². The molecular weight excluding hydrogens is 1020 g/mol. The van der Waals surface area contributed by atoms with Crippen LogP contribution in [0.3, 0.4) is 0 Å². The molecule has 0 aliphatic rings. The summed E-state index contributed by atoms with van der Waals surface area (Å²) in [6.45, 7) is 22.5. The molecule has 1 radical (unpaired) electrons.